The van der Waals surface area contributed by atoms with Gasteiger partial charge in [0.25, 0.3) is 0 Å². The van der Waals surface area contributed by atoms with Gasteiger partial charge in [-0.15, -0.1) is 0 Å². The zero-order chi connectivity index (χ0) is 15.4. The smallest absolute Gasteiger partial charge is 0.239 e. The summed E-state index contributed by atoms with van der Waals surface area (Å²) in [5.41, 5.74) is 0.923. The van der Waals surface area contributed by atoms with Crippen LogP contribution in [-0.2, 0) is 11.3 Å². The number of anilines is 1. The number of nitrogens with one attached hydrogen (secondary N) is 3. The SMILES string of the molecule is O=C(NCc1ncc[nH]1)[C@@H]1CN(c2ccc(F)cc2)CCN1. The summed E-state index contributed by atoms with van der Waals surface area (Å²) in [6.45, 7) is 2.42. The number of piperazine rings is 1. The number of carbonyl (C=O) groups is 1. The molecule has 6 nitrogen and oxygen atoms in total. The number of halogens is 1. The van der Waals surface area contributed by atoms with Crippen molar-refractivity contribution in [1.82, 2.24) is 20.6 Å². The Balaban J connectivity index is 1.57. The molecule has 1 fully saturated rings. The maximum atomic E-state index is 13.0. The van der Waals surface area contributed by atoms with E-state index in [-0.39, 0.29) is 17.8 Å². The molecule has 116 valence electrons. The van der Waals surface area contributed by atoms with Crippen molar-refractivity contribution < 1.29 is 9.18 Å². The van der Waals surface area contributed by atoms with Crippen LogP contribution in [-0.4, -0.2) is 41.6 Å². The molecule has 3 N–H and O–H groups in total. The number of aromatic nitrogens is 2. The minimum absolute atomic E-state index is 0.0665. The Hall–Kier alpha value is -2.41. The van der Waals surface area contributed by atoms with Gasteiger partial charge in [-0.2, -0.15) is 0 Å². The highest BCUT2D eigenvalue weighted by Crippen LogP contribution is 2.16. The van der Waals surface area contributed by atoms with E-state index in [4.69, 9.17) is 0 Å². The van der Waals surface area contributed by atoms with Crippen LogP contribution in [0.25, 0.3) is 0 Å². The largest absolute Gasteiger partial charge is 0.368 e. The molecule has 22 heavy (non-hydrogen) atoms. The Morgan fingerprint density at radius 3 is 2.95 bits per heavy atom. The average molecular weight is 303 g/mol. The quantitative estimate of drug-likeness (QED) is 0.775. The lowest BCUT2D eigenvalue weighted by molar-refractivity contribution is -0.123. The maximum absolute atomic E-state index is 13.0. The van der Waals surface area contributed by atoms with Gasteiger partial charge in [0.2, 0.25) is 5.91 Å². The number of benzene rings is 1. The third-order valence-electron chi connectivity index (χ3n) is 3.67. The van der Waals surface area contributed by atoms with Crippen molar-refractivity contribution in [2.75, 3.05) is 24.5 Å². The number of aromatic amines is 1. The first-order valence-corrected chi connectivity index (χ1v) is 7.22. The predicted molar refractivity (Wildman–Crippen MR) is 80.8 cm³/mol. The number of imidazole rings is 1. The number of hydrogen-bond donors (Lipinski definition) is 3. The summed E-state index contributed by atoms with van der Waals surface area (Å²) in [6, 6.07) is 6.04. The summed E-state index contributed by atoms with van der Waals surface area (Å²) in [4.78, 5) is 21.3. The standard InChI is InChI=1S/C15H18FN5O/c16-11-1-3-12(4-2-11)21-8-7-17-13(10-21)15(22)20-9-14-18-5-6-19-14/h1-6,13,17H,7-10H2,(H,18,19)(H,20,22)/t13-/m0/s1. The predicted octanol–water partition coefficient (Wildman–Crippen LogP) is 0.643. The van der Waals surface area contributed by atoms with Crippen LogP contribution in [0.4, 0.5) is 10.1 Å². The first-order valence-electron chi connectivity index (χ1n) is 7.22. The minimum atomic E-state index is -0.297. The number of amides is 1. The number of rotatable bonds is 4. The van der Waals surface area contributed by atoms with Crippen molar-refractivity contribution in [3.8, 4) is 0 Å². The van der Waals surface area contributed by atoms with Crippen LogP contribution in [0.2, 0.25) is 0 Å². The summed E-state index contributed by atoms with van der Waals surface area (Å²) < 4.78 is 13.0. The summed E-state index contributed by atoms with van der Waals surface area (Å²) in [5, 5.41) is 6.06. The normalized spacial score (nSPS) is 18.2. The van der Waals surface area contributed by atoms with Gasteiger partial charge in [0.1, 0.15) is 17.7 Å². The zero-order valence-corrected chi connectivity index (χ0v) is 12.1. The minimum Gasteiger partial charge on any atom is -0.368 e. The molecular weight excluding hydrogens is 285 g/mol. The Morgan fingerprint density at radius 2 is 2.23 bits per heavy atom. The molecule has 0 saturated carbocycles. The van der Waals surface area contributed by atoms with Crippen LogP contribution in [0, 0.1) is 5.82 Å². The molecule has 1 aromatic carbocycles. The third kappa shape index (κ3) is 3.43. The topological polar surface area (TPSA) is 73.0 Å². The fourth-order valence-electron chi connectivity index (χ4n) is 2.50. The fraction of sp³-hybridized carbons (Fsp3) is 0.333. The molecule has 2 heterocycles. The van der Waals surface area contributed by atoms with E-state index in [2.05, 4.69) is 25.5 Å². The Morgan fingerprint density at radius 1 is 1.41 bits per heavy atom. The molecule has 1 aliphatic rings. The van der Waals surface area contributed by atoms with Gasteiger partial charge in [-0.25, -0.2) is 9.37 Å². The summed E-state index contributed by atoms with van der Waals surface area (Å²) >= 11 is 0. The van der Waals surface area contributed by atoms with E-state index < -0.39 is 0 Å². The maximum Gasteiger partial charge on any atom is 0.239 e. The van der Waals surface area contributed by atoms with Crippen LogP contribution in [0.3, 0.4) is 0 Å². The van der Waals surface area contributed by atoms with Gasteiger partial charge in [0.05, 0.1) is 6.54 Å². The molecule has 3 rings (SSSR count). The second-order valence-corrected chi connectivity index (χ2v) is 5.18. The summed E-state index contributed by atoms with van der Waals surface area (Å²) in [7, 11) is 0. The summed E-state index contributed by atoms with van der Waals surface area (Å²) in [6.07, 6.45) is 3.37. The average Bonchev–Trinajstić information content (AvgIpc) is 3.07. The van der Waals surface area contributed by atoms with E-state index in [1.807, 2.05) is 0 Å². The van der Waals surface area contributed by atoms with Crippen molar-refractivity contribution in [2.24, 2.45) is 0 Å². The Bertz CT molecular complexity index is 613. The molecule has 1 aromatic heterocycles. The highest BCUT2D eigenvalue weighted by atomic mass is 19.1. The molecule has 0 radical (unpaired) electrons. The van der Waals surface area contributed by atoms with E-state index in [0.29, 0.717) is 19.6 Å². The first kappa shape index (κ1) is 14.5. The number of carbonyl (C=O) groups excluding carboxylic acids is 1. The van der Waals surface area contributed by atoms with Crippen molar-refractivity contribution in [2.45, 2.75) is 12.6 Å². The van der Waals surface area contributed by atoms with Gasteiger partial charge in [0, 0.05) is 37.7 Å². The highest BCUT2D eigenvalue weighted by Gasteiger charge is 2.25. The first-order chi connectivity index (χ1) is 10.7. The molecule has 0 spiro atoms. The van der Waals surface area contributed by atoms with E-state index in [1.54, 1.807) is 24.5 Å². The molecule has 1 saturated heterocycles. The van der Waals surface area contributed by atoms with Gasteiger partial charge in [0.15, 0.2) is 0 Å². The van der Waals surface area contributed by atoms with E-state index in [9.17, 15) is 9.18 Å². The molecule has 1 atom stereocenters. The van der Waals surface area contributed by atoms with Gasteiger partial charge in [-0.05, 0) is 24.3 Å². The molecular formula is C15H18FN5O. The van der Waals surface area contributed by atoms with Gasteiger partial charge in [-0.3, -0.25) is 4.79 Å². The lowest BCUT2D eigenvalue weighted by Crippen LogP contribution is -2.57. The van der Waals surface area contributed by atoms with Crippen molar-refractivity contribution in [1.29, 1.82) is 0 Å². The second kappa shape index (κ2) is 6.57. The van der Waals surface area contributed by atoms with E-state index in [0.717, 1.165) is 18.1 Å². The van der Waals surface area contributed by atoms with Crippen LogP contribution in [0.5, 0.6) is 0 Å². The molecule has 0 unspecified atom stereocenters. The zero-order valence-electron chi connectivity index (χ0n) is 12.1. The lowest BCUT2D eigenvalue weighted by atomic mass is 10.1. The van der Waals surface area contributed by atoms with Gasteiger partial charge >= 0.3 is 0 Å². The highest BCUT2D eigenvalue weighted by molar-refractivity contribution is 5.82. The third-order valence-corrected chi connectivity index (χ3v) is 3.67. The van der Waals surface area contributed by atoms with Crippen molar-refractivity contribution in [3.63, 3.8) is 0 Å². The molecule has 1 aliphatic heterocycles. The Labute approximate surface area is 127 Å². The van der Waals surface area contributed by atoms with Crippen LogP contribution >= 0.6 is 0 Å². The molecule has 7 heteroatoms. The molecule has 2 aromatic rings. The van der Waals surface area contributed by atoms with Gasteiger partial charge in [-0.1, -0.05) is 0 Å². The number of H-pyrrole nitrogens is 1. The fourth-order valence-corrected chi connectivity index (χ4v) is 2.50. The summed E-state index contributed by atoms with van der Waals surface area (Å²) in [5.74, 6) is 0.398. The number of hydrogen-bond acceptors (Lipinski definition) is 4. The second-order valence-electron chi connectivity index (χ2n) is 5.18. The van der Waals surface area contributed by atoms with Crippen LogP contribution < -0.4 is 15.5 Å². The van der Waals surface area contributed by atoms with E-state index >= 15 is 0 Å². The van der Waals surface area contributed by atoms with Crippen molar-refractivity contribution >= 4 is 11.6 Å². The molecule has 1 amide bonds. The molecule has 0 aliphatic carbocycles. The van der Waals surface area contributed by atoms with Crippen molar-refractivity contribution in [3.05, 3.63) is 48.3 Å². The molecule has 0 bridgehead atoms. The van der Waals surface area contributed by atoms with Gasteiger partial charge < -0.3 is 20.5 Å². The monoisotopic (exact) mass is 303 g/mol. The van der Waals surface area contributed by atoms with Crippen LogP contribution in [0.15, 0.2) is 36.7 Å². The van der Waals surface area contributed by atoms with Crippen LogP contribution in [0.1, 0.15) is 5.82 Å². The number of nitrogens with zero attached hydrogens (tertiary/aromatic N) is 2. The van der Waals surface area contributed by atoms with E-state index in [1.165, 1.54) is 12.1 Å². The Kier molecular flexibility index (Phi) is 4.34. The lowest BCUT2D eigenvalue weighted by Gasteiger charge is -2.34.